The molecule has 0 saturated carbocycles. The molecular weight excluding hydrogens is 530 g/mol. The van der Waals surface area contributed by atoms with Gasteiger partial charge in [-0.25, -0.2) is 18.7 Å². The zero-order chi connectivity index (χ0) is 28.3. The number of rotatable bonds is 10. The van der Waals surface area contributed by atoms with Gasteiger partial charge in [-0.15, -0.1) is 0 Å². The van der Waals surface area contributed by atoms with Crippen LogP contribution in [-0.4, -0.2) is 90.1 Å². The Bertz CT molecular complexity index is 1270. The highest BCUT2D eigenvalue weighted by Gasteiger charge is 2.30. The highest BCUT2D eigenvalue weighted by molar-refractivity contribution is 6.33. The van der Waals surface area contributed by atoms with Crippen molar-refractivity contribution in [2.24, 2.45) is 0 Å². The molecule has 0 amide bonds. The van der Waals surface area contributed by atoms with Crippen molar-refractivity contribution in [3.63, 3.8) is 0 Å². The number of aryl methyl sites for hydroxylation is 2. The van der Waals surface area contributed by atoms with Crippen molar-refractivity contribution >= 4 is 17.4 Å². The van der Waals surface area contributed by atoms with E-state index in [-0.39, 0.29) is 19.2 Å². The van der Waals surface area contributed by atoms with E-state index in [9.17, 15) is 13.9 Å². The van der Waals surface area contributed by atoms with Crippen molar-refractivity contribution in [1.29, 1.82) is 0 Å². The van der Waals surface area contributed by atoms with Crippen LogP contribution in [0.2, 0.25) is 5.02 Å². The maximum absolute atomic E-state index is 13.1. The van der Waals surface area contributed by atoms with E-state index in [0.717, 1.165) is 11.1 Å². The number of nitrogens with one attached hydrogen (secondary N) is 1. The lowest BCUT2D eigenvalue weighted by Crippen LogP contribution is -2.53. The third kappa shape index (κ3) is 6.66. The van der Waals surface area contributed by atoms with Gasteiger partial charge in [-0.1, -0.05) is 16.8 Å². The monoisotopic (exact) mass is 564 g/mol. The summed E-state index contributed by atoms with van der Waals surface area (Å²) >= 11 is 6.63. The van der Waals surface area contributed by atoms with Gasteiger partial charge in [0.1, 0.15) is 30.0 Å². The molecular formula is C27H35ClF2N6O3. The fraction of sp³-hybridized carbons (Fsp3) is 0.519. The van der Waals surface area contributed by atoms with Crippen LogP contribution >= 0.6 is 11.6 Å². The maximum Gasteiger partial charge on any atom is 0.251 e. The van der Waals surface area contributed by atoms with E-state index >= 15 is 0 Å². The normalized spacial score (nSPS) is 17.2. The number of hydrogen-bond donors (Lipinski definition) is 2. The third-order valence-corrected chi connectivity index (χ3v) is 7.22. The van der Waals surface area contributed by atoms with Crippen LogP contribution in [0.4, 0.5) is 14.6 Å². The zero-order valence-corrected chi connectivity index (χ0v) is 23.6. The number of anilines is 1. The number of alkyl halides is 2. The number of piperazine rings is 1. The fourth-order valence-corrected chi connectivity index (χ4v) is 5.09. The number of nitrogens with zero attached hydrogens (tertiary/aromatic N) is 5. The third-order valence-electron chi connectivity index (χ3n) is 6.89. The van der Waals surface area contributed by atoms with Gasteiger partial charge in [0.2, 0.25) is 0 Å². The SMILES string of the molecule is CNC[C@@H](O)COc1ccc(Cl)c(-c2nc(-c3c(C)noc3C)c(C)c(N3CCN(CC(F)F)[C@@H](C)C3)n2)c1. The van der Waals surface area contributed by atoms with E-state index in [0.29, 0.717) is 71.3 Å². The van der Waals surface area contributed by atoms with E-state index in [2.05, 4.69) is 15.4 Å². The fourth-order valence-electron chi connectivity index (χ4n) is 4.89. The summed E-state index contributed by atoms with van der Waals surface area (Å²) in [5.41, 5.74) is 3.54. The van der Waals surface area contributed by atoms with Crippen molar-refractivity contribution in [2.75, 3.05) is 51.3 Å². The van der Waals surface area contributed by atoms with E-state index < -0.39 is 12.5 Å². The average molecular weight is 565 g/mol. The molecule has 2 atom stereocenters. The van der Waals surface area contributed by atoms with E-state index in [1.54, 1.807) is 30.1 Å². The minimum Gasteiger partial charge on any atom is -0.491 e. The Morgan fingerprint density at radius 2 is 2.00 bits per heavy atom. The lowest BCUT2D eigenvalue weighted by molar-refractivity contribution is 0.0643. The molecule has 4 rings (SSSR count). The van der Waals surface area contributed by atoms with E-state index in [4.69, 9.17) is 30.8 Å². The standard InChI is InChI=1S/C27H35ClF2N6O3/c1-15-12-36(9-8-35(15)13-23(29)30)27-16(2)25(24-17(3)34-39-18(24)4)32-26(33-27)21-10-20(6-7-22(21)28)38-14-19(37)11-31-5/h6-7,10,15,19,23,31,37H,8-9,11-14H2,1-5H3/t15-,19+/m0/s1. The Hall–Kier alpha value is -2.86. The quantitative estimate of drug-likeness (QED) is 0.377. The Labute approximate surface area is 232 Å². The second kappa shape index (κ2) is 12.5. The van der Waals surface area contributed by atoms with Crippen molar-refractivity contribution in [3.8, 4) is 28.4 Å². The number of halogens is 3. The molecule has 9 nitrogen and oxygen atoms in total. The van der Waals surface area contributed by atoms with Crippen LogP contribution < -0.4 is 15.0 Å². The highest BCUT2D eigenvalue weighted by Crippen LogP contribution is 2.37. The van der Waals surface area contributed by atoms with Gasteiger partial charge < -0.3 is 24.6 Å². The first-order valence-corrected chi connectivity index (χ1v) is 13.3. The maximum atomic E-state index is 13.1. The van der Waals surface area contributed by atoms with Crippen LogP contribution in [0.1, 0.15) is 23.9 Å². The summed E-state index contributed by atoms with van der Waals surface area (Å²) < 4.78 is 37.4. The molecule has 1 fully saturated rings. The van der Waals surface area contributed by atoms with Crippen LogP contribution in [-0.2, 0) is 0 Å². The van der Waals surface area contributed by atoms with Crippen molar-refractivity contribution in [3.05, 3.63) is 40.2 Å². The topological polar surface area (TPSA) is 99.8 Å². The molecule has 1 aromatic carbocycles. The Balaban J connectivity index is 1.76. The molecule has 1 aliphatic heterocycles. The largest absolute Gasteiger partial charge is 0.491 e. The predicted molar refractivity (Wildman–Crippen MR) is 147 cm³/mol. The van der Waals surface area contributed by atoms with Crippen LogP contribution in [0.25, 0.3) is 22.6 Å². The minimum absolute atomic E-state index is 0.0857. The van der Waals surface area contributed by atoms with Gasteiger partial charge in [-0.3, -0.25) is 4.90 Å². The summed E-state index contributed by atoms with van der Waals surface area (Å²) in [4.78, 5) is 13.8. The summed E-state index contributed by atoms with van der Waals surface area (Å²) in [6.45, 7) is 9.39. The number of aliphatic hydroxyl groups excluding tert-OH is 1. The highest BCUT2D eigenvalue weighted by atomic mass is 35.5. The molecule has 0 spiro atoms. The second-order valence-corrected chi connectivity index (χ2v) is 10.3. The first kappa shape index (κ1) is 29.1. The molecule has 0 radical (unpaired) electrons. The molecule has 212 valence electrons. The molecule has 0 unspecified atom stereocenters. The smallest absolute Gasteiger partial charge is 0.251 e. The van der Waals surface area contributed by atoms with Gasteiger partial charge >= 0.3 is 0 Å². The Morgan fingerprint density at radius 1 is 1.23 bits per heavy atom. The summed E-state index contributed by atoms with van der Waals surface area (Å²) in [5.74, 6) is 2.23. The lowest BCUT2D eigenvalue weighted by Gasteiger charge is -2.40. The first-order chi connectivity index (χ1) is 18.6. The summed E-state index contributed by atoms with van der Waals surface area (Å²) in [6.07, 6.45) is -3.05. The van der Waals surface area contributed by atoms with Gasteiger partial charge in [0.25, 0.3) is 6.43 Å². The van der Waals surface area contributed by atoms with Gasteiger partial charge in [-0.05, 0) is 52.9 Å². The molecule has 1 aliphatic rings. The van der Waals surface area contributed by atoms with E-state index in [1.165, 1.54) is 0 Å². The molecule has 2 aromatic heterocycles. The number of benzene rings is 1. The molecule has 3 aromatic rings. The van der Waals surface area contributed by atoms with Gasteiger partial charge in [0.05, 0.1) is 28.5 Å². The molecule has 2 N–H and O–H groups in total. The molecule has 12 heteroatoms. The summed E-state index contributed by atoms with van der Waals surface area (Å²) in [7, 11) is 1.76. The van der Waals surface area contributed by atoms with Crippen LogP contribution in [0.15, 0.2) is 22.7 Å². The van der Waals surface area contributed by atoms with Gasteiger partial charge in [0.15, 0.2) is 5.82 Å². The number of aliphatic hydroxyl groups is 1. The van der Waals surface area contributed by atoms with Crippen molar-refractivity contribution in [1.82, 2.24) is 25.3 Å². The Morgan fingerprint density at radius 3 is 2.64 bits per heavy atom. The number of ether oxygens (including phenoxy) is 1. The van der Waals surface area contributed by atoms with Crippen molar-refractivity contribution < 1.29 is 23.1 Å². The second-order valence-electron chi connectivity index (χ2n) is 9.89. The van der Waals surface area contributed by atoms with Crippen LogP contribution in [0.3, 0.4) is 0 Å². The van der Waals surface area contributed by atoms with Crippen LogP contribution in [0.5, 0.6) is 5.75 Å². The van der Waals surface area contributed by atoms with Crippen LogP contribution in [0, 0.1) is 20.8 Å². The molecule has 1 saturated heterocycles. The lowest BCUT2D eigenvalue weighted by atomic mass is 10.0. The number of hydrogen-bond acceptors (Lipinski definition) is 9. The predicted octanol–water partition coefficient (Wildman–Crippen LogP) is 4.11. The van der Waals surface area contributed by atoms with Gasteiger partial charge in [0, 0.05) is 43.3 Å². The first-order valence-electron chi connectivity index (χ1n) is 12.9. The minimum atomic E-state index is -2.38. The zero-order valence-electron chi connectivity index (χ0n) is 22.8. The van der Waals surface area contributed by atoms with E-state index in [1.807, 2.05) is 27.7 Å². The summed E-state index contributed by atoms with van der Waals surface area (Å²) in [6, 6.07) is 5.10. The molecule has 39 heavy (non-hydrogen) atoms. The van der Waals surface area contributed by atoms with Gasteiger partial charge in [-0.2, -0.15) is 0 Å². The Kier molecular flexibility index (Phi) is 9.37. The average Bonchev–Trinajstić information content (AvgIpc) is 3.22. The summed E-state index contributed by atoms with van der Waals surface area (Å²) in [5, 5.41) is 17.5. The molecule has 0 bridgehead atoms. The number of aromatic nitrogens is 3. The number of likely N-dealkylation sites (N-methyl/N-ethyl adjacent to an activating group) is 1. The van der Waals surface area contributed by atoms with Crippen molar-refractivity contribution in [2.45, 2.75) is 46.3 Å². The molecule has 0 aliphatic carbocycles. The molecule has 3 heterocycles.